The molecule has 10 heavy (non-hydrogen) atoms. The van der Waals surface area contributed by atoms with Crippen molar-refractivity contribution >= 4 is 5.91 Å². The lowest BCUT2D eigenvalue weighted by atomic mass is 10.1. The van der Waals surface area contributed by atoms with E-state index in [2.05, 4.69) is 5.32 Å². The molecule has 0 aromatic rings. The summed E-state index contributed by atoms with van der Waals surface area (Å²) in [6, 6.07) is 0. The number of hydrogen-bond acceptors (Lipinski definition) is 3. The Balaban J connectivity index is 2.73. The maximum absolute atomic E-state index is 10.8. The third-order valence-corrected chi connectivity index (χ3v) is 2.01. The number of hydroxylamine groups is 2. The van der Waals surface area contributed by atoms with Crippen molar-refractivity contribution in [2.75, 3.05) is 6.54 Å². The molecule has 0 aromatic heterocycles. The molecule has 1 atom stereocenters. The van der Waals surface area contributed by atoms with Gasteiger partial charge in [0.15, 0.2) is 0 Å². The summed E-state index contributed by atoms with van der Waals surface area (Å²) in [7, 11) is 0. The molecule has 0 aromatic carbocycles. The van der Waals surface area contributed by atoms with Crippen molar-refractivity contribution in [2.24, 2.45) is 0 Å². The molecule has 58 valence electrons. The topological polar surface area (TPSA) is 52.6 Å². The van der Waals surface area contributed by atoms with Crippen LogP contribution >= 0.6 is 0 Å². The molecule has 1 fully saturated rings. The average molecular weight is 144 g/mol. The summed E-state index contributed by atoms with van der Waals surface area (Å²) >= 11 is 0. The maximum Gasteiger partial charge on any atom is 0.261 e. The summed E-state index contributed by atoms with van der Waals surface area (Å²) in [5.41, 5.74) is -0.545. The molecular weight excluding hydrogens is 132 g/mol. The van der Waals surface area contributed by atoms with Crippen LogP contribution in [0.15, 0.2) is 0 Å². The second-order valence-corrected chi connectivity index (χ2v) is 2.69. The highest BCUT2D eigenvalue weighted by molar-refractivity contribution is 5.80. The van der Waals surface area contributed by atoms with E-state index in [1.165, 1.54) is 0 Å². The van der Waals surface area contributed by atoms with E-state index in [1.54, 1.807) is 6.92 Å². The zero-order valence-corrected chi connectivity index (χ0v) is 6.22. The lowest BCUT2D eigenvalue weighted by Crippen LogP contribution is -2.47. The van der Waals surface area contributed by atoms with Gasteiger partial charge in [0.05, 0.1) is 6.54 Å². The Hall–Kier alpha value is -0.610. The molecule has 0 radical (unpaired) electrons. The van der Waals surface area contributed by atoms with Crippen molar-refractivity contribution in [2.45, 2.75) is 25.9 Å². The number of nitrogens with zero attached hydrogens (tertiary/aromatic N) is 1. The Morgan fingerprint density at radius 3 is 2.70 bits per heavy atom. The minimum atomic E-state index is -0.545. The van der Waals surface area contributed by atoms with Gasteiger partial charge in [0.1, 0.15) is 5.66 Å². The third-order valence-electron chi connectivity index (χ3n) is 2.01. The van der Waals surface area contributed by atoms with Crippen molar-refractivity contribution in [3.05, 3.63) is 0 Å². The zero-order chi connectivity index (χ0) is 7.78. The fraction of sp³-hybridized carbons (Fsp3) is 0.833. The molecule has 0 saturated carbocycles. The van der Waals surface area contributed by atoms with Gasteiger partial charge < -0.3 is 0 Å². The van der Waals surface area contributed by atoms with Gasteiger partial charge in [-0.3, -0.25) is 15.3 Å². The lowest BCUT2D eigenvalue weighted by Gasteiger charge is -2.27. The van der Waals surface area contributed by atoms with Crippen LogP contribution in [-0.2, 0) is 4.79 Å². The number of hydrogen-bond donors (Lipinski definition) is 2. The van der Waals surface area contributed by atoms with E-state index in [9.17, 15) is 4.79 Å². The van der Waals surface area contributed by atoms with Crippen LogP contribution in [0.3, 0.4) is 0 Å². The second-order valence-electron chi connectivity index (χ2n) is 2.69. The smallest absolute Gasteiger partial charge is 0.261 e. The molecule has 4 nitrogen and oxygen atoms in total. The van der Waals surface area contributed by atoms with E-state index in [0.717, 1.165) is 5.06 Å². The Bertz CT molecular complexity index is 160. The number of carbonyl (C=O) groups excluding carboxylic acids is 1. The Labute approximate surface area is 59.8 Å². The van der Waals surface area contributed by atoms with Crippen molar-refractivity contribution < 1.29 is 10.0 Å². The van der Waals surface area contributed by atoms with Gasteiger partial charge >= 0.3 is 0 Å². The van der Waals surface area contributed by atoms with Crippen LogP contribution in [-0.4, -0.2) is 28.4 Å². The van der Waals surface area contributed by atoms with Crippen molar-refractivity contribution in [3.8, 4) is 0 Å². The van der Waals surface area contributed by atoms with E-state index in [1.807, 2.05) is 6.92 Å². The largest absolute Gasteiger partial charge is 0.284 e. The van der Waals surface area contributed by atoms with Gasteiger partial charge in [-0.15, -0.1) is 0 Å². The van der Waals surface area contributed by atoms with Crippen LogP contribution in [0.2, 0.25) is 0 Å². The summed E-state index contributed by atoms with van der Waals surface area (Å²) in [6.07, 6.45) is 0.704. The standard InChI is InChI=1S/C6H12N2O2/c1-3-6(2)7-4-5(9)8(6)10/h7,10H,3-4H2,1-2H3. The second kappa shape index (κ2) is 2.21. The number of nitrogens with one attached hydrogen (secondary N) is 1. The van der Waals surface area contributed by atoms with Gasteiger partial charge in [0.2, 0.25) is 0 Å². The fourth-order valence-corrected chi connectivity index (χ4v) is 0.966. The van der Waals surface area contributed by atoms with Gasteiger partial charge in [-0.2, -0.15) is 0 Å². The minimum absolute atomic E-state index is 0.237. The Morgan fingerprint density at radius 2 is 2.50 bits per heavy atom. The van der Waals surface area contributed by atoms with Crippen LogP contribution in [0.25, 0.3) is 0 Å². The van der Waals surface area contributed by atoms with E-state index >= 15 is 0 Å². The molecular formula is C6H12N2O2. The van der Waals surface area contributed by atoms with Crippen LogP contribution in [0, 0.1) is 0 Å². The first kappa shape index (κ1) is 7.50. The Morgan fingerprint density at radius 1 is 1.90 bits per heavy atom. The first-order valence-corrected chi connectivity index (χ1v) is 3.37. The molecule has 0 bridgehead atoms. The van der Waals surface area contributed by atoms with Crippen molar-refractivity contribution in [1.82, 2.24) is 10.4 Å². The molecule has 1 amide bonds. The zero-order valence-electron chi connectivity index (χ0n) is 6.22. The summed E-state index contributed by atoms with van der Waals surface area (Å²) in [5, 5.41) is 12.8. The minimum Gasteiger partial charge on any atom is -0.284 e. The van der Waals surface area contributed by atoms with Crippen molar-refractivity contribution in [3.63, 3.8) is 0 Å². The molecule has 1 aliphatic heterocycles. The van der Waals surface area contributed by atoms with Gasteiger partial charge in [-0.25, -0.2) is 5.06 Å². The predicted octanol–water partition coefficient (Wildman–Crippen LogP) is -0.0664. The van der Waals surface area contributed by atoms with Gasteiger partial charge in [0.25, 0.3) is 5.91 Å². The van der Waals surface area contributed by atoms with Gasteiger partial charge in [0, 0.05) is 0 Å². The molecule has 0 spiro atoms. The summed E-state index contributed by atoms with van der Waals surface area (Å²) in [6.45, 7) is 3.94. The van der Waals surface area contributed by atoms with Gasteiger partial charge in [-0.1, -0.05) is 6.92 Å². The first-order valence-electron chi connectivity index (χ1n) is 3.37. The molecule has 1 unspecified atom stereocenters. The number of carbonyl (C=O) groups is 1. The monoisotopic (exact) mass is 144 g/mol. The van der Waals surface area contributed by atoms with Crippen LogP contribution < -0.4 is 5.32 Å². The SMILES string of the molecule is CCC1(C)NCC(=O)N1O. The van der Waals surface area contributed by atoms with Crippen LogP contribution in [0.4, 0.5) is 0 Å². The van der Waals surface area contributed by atoms with E-state index in [-0.39, 0.29) is 12.5 Å². The summed E-state index contributed by atoms with van der Waals surface area (Å²) in [5.74, 6) is -0.260. The molecule has 2 N–H and O–H groups in total. The molecule has 1 heterocycles. The molecule has 1 saturated heterocycles. The number of amides is 1. The maximum atomic E-state index is 10.8. The highest BCUT2D eigenvalue weighted by Gasteiger charge is 2.38. The highest BCUT2D eigenvalue weighted by Crippen LogP contribution is 2.17. The normalized spacial score (nSPS) is 33.5. The first-order chi connectivity index (χ1) is 4.60. The summed E-state index contributed by atoms with van der Waals surface area (Å²) in [4.78, 5) is 10.8. The summed E-state index contributed by atoms with van der Waals surface area (Å²) < 4.78 is 0. The molecule has 4 heteroatoms. The lowest BCUT2D eigenvalue weighted by molar-refractivity contribution is -0.180. The number of rotatable bonds is 1. The predicted molar refractivity (Wildman–Crippen MR) is 35.3 cm³/mol. The average Bonchev–Trinajstić information content (AvgIpc) is 2.19. The van der Waals surface area contributed by atoms with E-state index in [4.69, 9.17) is 5.21 Å². The van der Waals surface area contributed by atoms with E-state index in [0.29, 0.717) is 6.42 Å². The van der Waals surface area contributed by atoms with Gasteiger partial charge in [-0.05, 0) is 13.3 Å². The van der Waals surface area contributed by atoms with Crippen molar-refractivity contribution in [1.29, 1.82) is 0 Å². The molecule has 1 aliphatic rings. The molecule has 0 aliphatic carbocycles. The fourth-order valence-electron chi connectivity index (χ4n) is 0.966. The van der Waals surface area contributed by atoms with Crippen LogP contribution in [0.1, 0.15) is 20.3 Å². The van der Waals surface area contributed by atoms with Crippen LogP contribution in [0.5, 0.6) is 0 Å². The highest BCUT2D eigenvalue weighted by atomic mass is 16.5. The Kier molecular flexibility index (Phi) is 1.66. The molecule has 1 rings (SSSR count). The quantitative estimate of drug-likeness (QED) is 0.507. The third kappa shape index (κ3) is 0.892. The van der Waals surface area contributed by atoms with E-state index < -0.39 is 5.66 Å².